The van der Waals surface area contributed by atoms with Crippen molar-refractivity contribution in [2.24, 2.45) is 5.92 Å². The van der Waals surface area contributed by atoms with Crippen LogP contribution in [-0.4, -0.2) is 41.2 Å². The summed E-state index contributed by atoms with van der Waals surface area (Å²) in [5.74, 6) is -0.662. The molecule has 3 rings (SSSR count). The van der Waals surface area contributed by atoms with Gasteiger partial charge in [0.15, 0.2) is 0 Å². The van der Waals surface area contributed by atoms with E-state index in [-0.39, 0.29) is 18.0 Å². The molecular formula is C16H18F3NO3. The molecule has 1 aromatic rings. The number of nitrogens with zero attached hydrogens (tertiary/aromatic N) is 1. The standard InChI is InChI=1S/C16H18F3NO3/c17-16(18,19)10-1-4-12(5-2-10)23-8-7-20-11-3-6-14(20)13(9-11)15(21)22/h1-2,4-5,11,13-14H,3,6-9H2,(H,21,22). The van der Waals surface area contributed by atoms with Gasteiger partial charge in [-0.15, -0.1) is 0 Å². The zero-order valence-corrected chi connectivity index (χ0v) is 12.4. The maximum atomic E-state index is 12.5. The highest BCUT2D eigenvalue weighted by molar-refractivity contribution is 5.71. The van der Waals surface area contributed by atoms with E-state index in [0.29, 0.717) is 25.3 Å². The van der Waals surface area contributed by atoms with Gasteiger partial charge in [0, 0.05) is 18.6 Å². The quantitative estimate of drug-likeness (QED) is 0.902. The van der Waals surface area contributed by atoms with Crippen molar-refractivity contribution in [3.8, 4) is 5.75 Å². The lowest BCUT2D eigenvalue weighted by atomic mass is 9.89. The molecule has 2 aliphatic heterocycles. The van der Waals surface area contributed by atoms with Crippen molar-refractivity contribution in [3.05, 3.63) is 29.8 Å². The average molecular weight is 329 g/mol. The highest BCUT2D eigenvalue weighted by atomic mass is 19.4. The van der Waals surface area contributed by atoms with Crippen LogP contribution in [0.3, 0.4) is 0 Å². The van der Waals surface area contributed by atoms with E-state index >= 15 is 0 Å². The maximum absolute atomic E-state index is 12.5. The summed E-state index contributed by atoms with van der Waals surface area (Å²) < 4.78 is 42.9. The first-order valence-corrected chi connectivity index (χ1v) is 7.65. The second-order valence-electron chi connectivity index (χ2n) is 6.09. The number of carboxylic acids is 1. The van der Waals surface area contributed by atoms with E-state index in [0.717, 1.165) is 25.0 Å². The first-order chi connectivity index (χ1) is 10.9. The topological polar surface area (TPSA) is 49.8 Å². The summed E-state index contributed by atoms with van der Waals surface area (Å²) in [7, 11) is 0. The van der Waals surface area contributed by atoms with E-state index in [1.54, 1.807) is 0 Å². The molecular weight excluding hydrogens is 311 g/mol. The molecule has 2 bridgehead atoms. The number of fused-ring (bicyclic) bond motifs is 2. The number of hydrogen-bond acceptors (Lipinski definition) is 3. The molecule has 0 amide bonds. The molecule has 4 nitrogen and oxygen atoms in total. The molecule has 126 valence electrons. The Morgan fingerprint density at radius 1 is 1.26 bits per heavy atom. The van der Waals surface area contributed by atoms with E-state index < -0.39 is 17.7 Å². The molecule has 1 aromatic carbocycles. The maximum Gasteiger partial charge on any atom is 0.416 e. The molecule has 23 heavy (non-hydrogen) atoms. The number of aliphatic carboxylic acids is 1. The van der Waals surface area contributed by atoms with Crippen molar-refractivity contribution < 1.29 is 27.8 Å². The predicted molar refractivity (Wildman–Crippen MR) is 76.2 cm³/mol. The summed E-state index contributed by atoms with van der Waals surface area (Å²) in [6.45, 7) is 0.935. The van der Waals surface area contributed by atoms with Gasteiger partial charge < -0.3 is 9.84 Å². The molecule has 3 unspecified atom stereocenters. The van der Waals surface area contributed by atoms with Crippen LogP contribution in [0.25, 0.3) is 0 Å². The fourth-order valence-electron chi connectivity index (χ4n) is 3.72. The van der Waals surface area contributed by atoms with Crippen LogP contribution in [0.15, 0.2) is 24.3 Å². The first-order valence-electron chi connectivity index (χ1n) is 7.65. The lowest BCUT2D eigenvalue weighted by molar-refractivity contribution is -0.142. The molecule has 1 N–H and O–H groups in total. The van der Waals surface area contributed by atoms with Crippen molar-refractivity contribution in [1.29, 1.82) is 0 Å². The number of rotatable bonds is 5. The zero-order chi connectivity index (χ0) is 16.6. The predicted octanol–water partition coefficient (Wildman–Crippen LogP) is 3.02. The van der Waals surface area contributed by atoms with Gasteiger partial charge in [-0.3, -0.25) is 9.69 Å². The third kappa shape index (κ3) is 3.29. The Kier molecular flexibility index (Phi) is 4.23. The Morgan fingerprint density at radius 3 is 2.52 bits per heavy atom. The van der Waals surface area contributed by atoms with Crippen LogP contribution >= 0.6 is 0 Å². The largest absolute Gasteiger partial charge is 0.492 e. The number of benzene rings is 1. The highest BCUT2D eigenvalue weighted by Gasteiger charge is 2.48. The Hall–Kier alpha value is -1.76. The normalized spacial score (nSPS) is 27.3. The molecule has 0 aromatic heterocycles. The summed E-state index contributed by atoms with van der Waals surface area (Å²) in [6, 6.07) is 4.96. The summed E-state index contributed by atoms with van der Waals surface area (Å²) in [4.78, 5) is 13.4. The minimum atomic E-state index is -4.35. The van der Waals surface area contributed by atoms with Gasteiger partial charge in [-0.25, -0.2) is 0 Å². The van der Waals surface area contributed by atoms with Gasteiger partial charge in [-0.05, 0) is 43.5 Å². The van der Waals surface area contributed by atoms with Crippen LogP contribution in [0.1, 0.15) is 24.8 Å². The average Bonchev–Trinajstić information content (AvgIpc) is 3.04. The smallest absolute Gasteiger partial charge is 0.416 e. The summed E-state index contributed by atoms with van der Waals surface area (Å²) >= 11 is 0. The monoisotopic (exact) mass is 329 g/mol. The number of ether oxygens (including phenoxy) is 1. The van der Waals surface area contributed by atoms with Gasteiger partial charge in [-0.1, -0.05) is 0 Å². The molecule has 2 heterocycles. The van der Waals surface area contributed by atoms with E-state index in [2.05, 4.69) is 4.90 Å². The molecule has 7 heteroatoms. The number of carboxylic acid groups (broad SMARTS) is 1. The third-order valence-corrected chi connectivity index (χ3v) is 4.80. The molecule has 2 fully saturated rings. The van der Waals surface area contributed by atoms with Gasteiger partial charge in [0.05, 0.1) is 11.5 Å². The highest BCUT2D eigenvalue weighted by Crippen LogP contribution is 2.41. The van der Waals surface area contributed by atoms with Crippen molar-refractivity contribution >= 4 is 5.97 Å². The minimum Gasteiger partial charge on any atom is -0.492 e. The Labute approximate surface area is 131 Å². The fourth-order valence-corrected chi connectivity index (χ4v) is 3.72. The van der Waals surface area contributed by atoms with Crippen molar-refractivity contribution in [2.45, 2.75) is 37.5 Å². The summed E-state index contributed by atoms with van der Waals surface area (Å²) in [5.41, 5.74) is -0.702. The van der Waals surface area contributed by atoms with Gasteiger partial charge in [0.1, 0.15) is 12.4 Å². The molecule has 3 atom stereocenters. The second kappa shape index (κ2) is 6.03. The van der Waals surface area contributed by atoms with E-state index in [9.17, 15) is 23.1 Å². The third-order valence-electron chi connectivity index (χ3n) is 4.80. The van der Waals surface area contributed by atoms with Gasteiger partial charge in [0.25, 0.3) is 0 Å². The van der Waals surface area contributed by atoms with E-state index in [1.165, 1.54) is 12.1 Å². The lowest BCUT2D eigenvalue weighted by Gasteiger charge is -2.22. The summed E-state index contributed by atoms with van der Waals surface area (Å²) in [5, 5.41) is 9.20. The fraction of sp³-hybridized carbons (Fsp3) is 0.562. The van der Waals surface area contributed by atoms with Crippen LogP contribution in [-0.2, 0) is 11.0 Å². The van der Waals surface area contributed by atoms with Crippen LogP contribution in [0.5, 0.6) is 5.75 Å². The van der Waals surface area contributed by atoms with E-state index in [1.807, 2.05) is 0 Å². The number of hydrogen-bond donors (Lipinski definition) is 1. The number of halogens is 3. The Morgan fingerprint density at radius 2 is 1.96 bits per heavy atom. The number of carbonyl (C=O) groups is 1. The van der Waals surface area contributed by atoms with Crippen molar-refractivity contribution in [3.63, 3.8) is 0 Å². The van der Waals surface area contributed by atoms with E-state index in [4.69, 9.17) is 4.74 Å². The van der Waals surface area contributed by atoms with Crippen molar-refractivity contribution in [2.75, 3.05) is 13.2 Å². The molecule has 0 saturated carbocycles. The first kappa shape index (κ1) is 16.1. The molecule has 0 aliphatic carbocycles. The molecule has 0 spiro atoms. The molecule has 2 aliphatic rings. The summed E-state index contributed by atoms with van der Waals surface area (Å²) in [6.07, 6.45) is -1.77. The van der Waals surface area contributed by atoms with Gasteiger partial charge in [-0.2, -0.15) is 13.2 Å². The van der Waals surface area contributed by atoms with Gasteiger partial charge >= 0.3 is 12.1 Å². The number of alkyl halides is 3. The Balaban J connectivity index is 1.51. The van der Waals surface area contributed by atoms with Crippen LogP contribution in [0.4, 0.5) is 13.2 Å². The zero-order valence-electron chi connectivity index (χ0n) is 12.4. The molecule has 0 radical (unpaired) electrons. The van der Waals surface area contributed by atoms with Crippen molar-refractivity contribution in [1.82, 2.24) is 4.90 Å². The second-order valence-corrected chi connectivity index (χ2v) is 6.09. The minimum absolute atomic E-state index is 0.0636. The van der Waals surface area contributed by atoms with Crippen LogP contribution < -0.4 is 4.74 Å². The van der Waals surface area contributed by atoms with Crippen LogP contribution in [0.2, 0.25) is 0 Å². The Bertz CT molecular complexity index is 573. The van der Waals surface area contributed by atoms with Crippen LogP contribution in [0, 0.1) is 5.92 Å². The SMILES string of the molecule is O=C(O)C1CC2CCC1N2CCOc1ccc(C(F)(F)F)cc1. The van der Waals surface area contributed by atoms with Gasteiger partial charge in [0.2, 0.25) is 0 Å². The molecule has 2 saturated heterocycles. The lowest BCUT2D eigenvalue weighted by Crippen LogP contribution is -2.35.